The van der Waals surface area contributed by atoms with Gasteiger partial charge in [-0.15, -0.1) is 0 Å². The van der Waals surface area contributed by atoms with Gasteiger partial charge in [-0.3, -0.25) is 19.5 Å². The predicted molar refractivity (Wildman–Crippen MR) is 75.8 cm³/mol. The highest BCUT2D eigenvalue weighted by atomic mass is 19.1. The molecular weight excluding hydrogens is 291 g/mol. The van der Waals surface area contributed by atoms with Gasteiger partial charge in [0.15, 0.2) is 11.4 Å². The van der Waals surface area contributed by atoms with Gasteiger partial charge in [0, 0.05) is 6.42 Å². The lowest BCUT2D eigenvalue weighted by Crippen LogP contribution is -2.43. The van der Waals surface area contributed by atoms with Crippen LogP contribution in [0.4, 0.5) is 4.39 Å². The topological polar surface area (TPSA) is 81.3 Å². The van der Waals surface area contributed by atoms with E-state index in [1.165, 1.54) is 0 Å². The van der Waals surface area contributed by atoms with E-state index in [0.717, 1.165) is 11.0 Å². The molecule has 7 heteroatoms. The van der Waals surface area contributed by atoms with E-state index < -0.39 is 23.5 Å². The summed E-state index contributed by atoms with van der Waals surface area (Å²) in [5.74, 6) is -2.31. The second kappa shape index (κ2) is 5.40. The van der Waals surface area contributed by atoms with Gasteiger partial charge in [-0.1, -0.05) is 19.4 Å². The summed E-state index contributed by atoms with van der Waals surface area (Å²) < 4.78 is 20.5. The molecule has 1 N–H and O–H groups in total. The minimum Gasteiger partial charge on any atom is -0.405 e. The van der Waals surface area contributed by atoms with Gasteiger partial charge in [0.2, 0.25) is 11.8 Å². The van der Waals surface area contributed by atoms with Crippen molar-refractivity contribution in [1.82, 2.24) is 9.88 Å². The number of rotatable bonds is 3. The Morgan fingerprint density at radius 2 is 2.14 bits per heavy atom. The number of aryl methyl sites for hydroxylation is 1. The van der Waals surface area contributed by atoms with Crippen LogP contribution in [0.2, 0.25) is 0 Å². The van der Waals surface area contributed by atoms with E-state index in [1.54, 1.807) is 12.1 Å². The predicted octanol–water partition coefficient (Wildman–Crippen LogP) is 1.66. The Hall–Kier alpha value is -2.44. The first-order valence-electron chi connectivity index (χ1n) is 7.19. The molecule has 0 saturated carbocycles. The van der Waals surface area contributed by atoms with Crippen LogP contribution >= 0.6 is 0 Å². The largest absolute Gasteiger partial charge is 0.420 e. The number of halogens is 1. The monoisotopic (exact) mass is 306 g/mol. The van der Waals surface area contributed by atoms with Crippen LogP contribution in [-0.4, -0.2) is 16.4 Å². The Balaban J connectivity index is 2.13. The highest BCUT2D eigenvalue weighted by Gasteiger charge is 2.32. The van der Waals surface area contributed by atoms with Gasteiger partial charge in [0.1, 0.15) is 6.04 Å². The summed E-state index contributed by atoms with van der Waals surface area (Å²) in [6.07, 6.45) is 1.62. The Morgan fingerprint density at radius 3 is 2.82 bits per heavy atom. The van der Waals surface area contributed by atoms with Crippen LogP contribution in [0.15, 0.2) is 21.3 Å². The number of nitrogens with zero attached hydrogens (tertiary/aromatic N) is 1. The third kappa shape index (κ3) is 2.22. The van der Waals surface area contributed by atoms with E-state index >= 15 is 0 Å². The summed E-state index contributed by atoms with van der Waals surface area (Å²) in [4.78, 5) is 35.2. The molecule has 1 aromatic heterocycles. The van der Waals surface area contributed by atoms with Crippen LogP contribution in [0, 0.1) is 5.82 Å². The lowest BCUT2D eigenvalue weighted by molar-refractivity contribution is -0.135. The molecule has 3 rings (SSSR count). The highest BCUT2D eigenvalue weighted by molar-refractivity contribution is 6.00. The summed E-state index contributed by atoms with van der Waals surface area (Å²) in [5.41, 5.74) is 0.566. The zero-order valence-electron chi connectivity index (χ0n) is 12.0. The second-order valence-corrected chi connectivity index (χ2v) is 5.34. The number of imide groups is 1. The first-order chi connectivity index (χ1) is 10.5. The van der Waals surface area contributed by atoms with Crippen LogP contribution in [0.1, 0.15) is 37.8 Å². The number of hydrogen-bond acceptors (Lipinski definition) is 4. The Morgan fingerprint density at radius 1 is 1.36 bits per heavy atom. The maximum absolute atomic E-state index is 14.4. The molecule has 0 bridgehead atoms. The average molecular weight is 306 g/mol. The van der Waals surface area contributed by atoms with Gasteiger partial charge in [0.05, 0.1) is 5.52 Å². The Labute approximate surface area is 124 Å². The van der Waals surface area contributed by atoms with E-state index in [9.17, 15) is 18.8 Å². The summed E-state index contributed by atoms with van der Waals surface area (Å²) in [6, 6.07) is 2.32. The maximum atomic E-state index is 14.4. The zero-order valence-corrected chi connectivity index (χ0v) is 12.0. The number of oxazole rings is 1. The van der Waals surface area contributed by atoms with E-state index in [2.05, 4.69) is 5.32 Å². The number of nitrogens with one attached hydrogen (secondary N) is 1. The van der Waals surface area contributed by atoms with Gasteiger partial charge >= 0.3 is 5.76 Å². The van der Waals surface area contributed by atoms with E-state index in [1.807, 2.05) is 6.92 Å². The van der Waals surface area contributed by atoms with Crippen LogP contribution in [0.25, 0.3) is 11.1 Å². The number of benzene rings is 1. The molecule has 6 nitrogen and oxygen atoms in total. The first-order valence-corrected chi connectivity index (χ1v) is 7.19. The fourth-order valence-corrected chi connectivity index (χ4v) is 2.79. The molecular formula is C15H15FN2O4. The summed E-state index contributed by atoms with van der Waals surface area (Å²) >= 11 is 0. The van der Waals surface area contributed by atoms with Crippen molar-refractivity contribution in [1.29, 1.82) is 0 Å². The van der Waals surface area contributed by atoms with Gasteiger partial charge in [-0.2, -0.15) is 0 Å². The van der Waals surface area contributed by atoms with Crippen molar-refractivity contribution in [3.05, 3.63) is 34.1 Å². The molecule has 0 aliphatic carbocycles. The molecule has 1 fully saturated rings. The lowest BCUT2D eigenvalue weighted by atomic mass is 10.1. The van der Waals surface area contributed by atoms with Crippen molar-refractivity contribution in [3.8, 4) is 0 Å². The van der Waals surface area contributed by atoms with Gasteiger partial charge in [-0.05, 0) is 24.5 Å². The minimum absolute atomic E-state index is 0.131. The van der Waals surface area contributed by atoms with E-state index in [-0.39, 0.29) is 29.8 Å². The Kier molecular flexibility index (Phi) is 3.56. The van der Waals surface area contributed by atoms with Crippen molar-refractivity contribution >= 4 is 22.9 Å². The molecule has 0 spiro atoms. The number of hydrogen-bond donors (Lipinski definition) is 1. The quantitative estimate of drug-likeness (QED) is 0.875. The van der Waals surface area contributed by atoms with Crippen LogP contribution < -0.4 is 11.1 Å². The molecule has 2 amide bonds. The summed E-state index contributed by atoms with van der Waals surface area (Å²) in [6.45, 7) is 1.92. The lowest BCUT2D eigenvalue weighted by Gasteiger charge is -2.21. The van der Waals surface area contributed by atoms with E-state index in [0.29, 0.717) is 12.0 Å². The third-order valence-electron chi connectivity index (χ3n) is 3.84. The molecule has 1 aliphatic rings. The molecule has 1 aliphatic heterocycles. The maximum Gasteiger partial charge on any atom is 0.420 e. The molecule has 22 heavy (non-hydrogen) atoms. The molecule has 1 saturated heterocycles. The van der Waals surface area contributed by atoms with Crippen molar-refractivity contribution in [3.63, 3.8) is 0 Å². The second-order valence-electron chi connectivity index (χ2n) is 5.34. The van der Waals surface area contributed by atoms with Crippen LogP contribution in [0.3, 0.4) is 0 Å². The normalized spacial score (nSPS) is 18.7. The summed E-state index contributed by atoms with van der Waals surface area (Å²) in [7, 11) is 0. The molecule has 0 radical (unpaired) electrons. The fourth-order valence-electron chi connectivity index (χ4n) is 2.79. The molecule has 2 heterocycles. The van der Waals surface area contributed by atoms with Gasteiger partial charge < -0.3 is 4.42 Å². The SMILES string of the molecule is CCCc1ccc2c(oc(=O)n2C2CCC(=O)NC2=O)c1F. The number of carbonyl (C=O) groups excluding carboxylic acids is 2. The number of aromatic nitrogens is 1. The molecule has 1 unspecified atom stereocenters. The number of piperidine rings is 1. The minimum atomic E-state index is -0.858. The van der Waals surface area contributed by atoms with Crippen molar-refractivity contribution in [2.75, 3.05) is 0 Å². The first kappa shape index (κ1) is 14.5. The zero-order chi connectivity index (χ0) is 15.9. The van der Waals surface area contributed by atoms with Crippen LogP contribution in [0.5, 0.6) is 0 Å². The smallest absolute Gasteiger partial charge is 0.405 e. The van der Waals surface area contributed by atoms with Crippen LogP contribution in [-0.2, 0) is 16.0 Å². The van der Waals surface area contributed by atoms with Crippen molar-refractivity contribution in [2.24, 2.45) is 0 Å². The number of carbonyl (C=O) groups is 2. The molecule has 1 atom stereocenters. The Bertz CT molecular complexity index is 821. The number of fused-ring (bicyclic) bond motifs is 1. The molecule has 2 aromatic rings. The standard InChI is InChI=1S/C15H15FN2O4/c1-2-3-8-4-5-9-13(12(8)16)22-15(21)18(9)10-6-7-11(19)17-14(10)20/h4-5,10H,2-3,6-7H2,1H3,(H,17,19,20). The van der Waals surface area contributed by atoms with Gasteiger partial charge in [0.25, 0.3) is 0 Å². The average Bonchev–Trinajstić information content (AvgIpc) is 2.80. The number of amides is 2. The molecule has 1 aromatic carbocycles. The van der Waals surface area contributed by atoms with E-state index in [4.69, 9.17) is 4.42 Å². The third-order valence-corrected chi connectivity index (χ3v) is 3.84. The van der Waals surface area contributed by atoms with Crippen molar-refractivity contribution in [2.45, 2.75) is 38.6 Å². The van der Waals surface area contributed by atoms with Crippen molar-refractivity contribution < 1.29 is 18.4 Å². The summed E-state index contributed by atoms with van der Waals surface area (Å²) in [5, 5.41) is 2.18. The molecule has 116 valence electrons. The fraction of sp³-hybridized carbons (Fsp3) is 0.400. The van der Waals surface area contributed by atoms with Gasteiger partial charge in [-0.25, -0.2) is 9.18 Å². The highest BCUT2D eigenvalue weighted by Crippen LogP contribution is 2.26.